The van der Waals surface area contributed by atoms with Gasteiger partial charge in [-0.05, 0) is 48.9 Å². The zero-order valence-corrected chi connectivity index (χ0v) is 18.6. The number of aromatic nitrogens is 1. The number of thiazole rings is 1. The van der Waals surface area contributed by atoms with E-state index in [1.165, 1.54) is 41.8 Å². The minimum atomic E-state index is -3.73. The predicted octanol–water partition coefficient (Wildman–Crippen LogP) is 5.05. The molecule has 0 fully saturated rings. The maximum absolute atomic E-state index is 12.3. The number of carbonyl (C=O) groups is 1. The molecule has 7 nitrogen and oxygen atoms in total. The molecule has 2 N–H and O–H groups in total. The van der Waals surface area contributed by atoms with Crippen LogP contribution in [0.15, 0.2) is 58.9 Å². The molecule has 0 bridgehead atoms. The van der Waals surface area contributed by atoms with Crippen molar-refractivity contribution < 1.29 is 17.9 Å². The van der Waals surface area contributed by atoms with Gasteiger partial charge in [-0.2, -0.15) is 0 Å². The quantitative estimate of drug-likeness (QED) is 0.413. The van der Waals surface area contributed by atoms with Gasteiger partial charge in [0.15, 0.2) is 5.13 Å². The lowest BCUT2D eigenvalue weighted by Crippen LogP contribution is -2.14. The number of nitrogens with zero attached hydrogens (tertiary/aromatic N) is 1. The predicted molar refractivity (Wildman–Crippen MR) is 119 cm³/mol. The molecule has 3 rings (SSSR count). The topological polar surface area (TPSA) is 97.4 Å². The van der Waals surface area contributed by atoms with E-state index in [0.29, 0.717) is 34.5 Å². The highest BCUT2D eigenvalue weighted by Crippen LogP contribution is 2.24. The van der Waals surface area contributed by atoms with E-state index in [4.69, 9.17) is 27.9 Å². The van der Waals surface area contributed by atoms with Crippen molar-refractivity contribution in [3.8, 4) is 5.75 Å². The molecule has 0 aliphatic rings. The second-order valence-electron chi connectivity index (χ2n) is 6.07. The molecule has 2 aromatic carbocycles. The number of hydrogen-bond donors (Lipinski definition) is 2. The van der Waals surface area contributed by atoms with E-state index >= 15 is 0 Å². The Hall–Kier alpha value is -2.33. The monoisotopic (exact) mass is 485 g/mol. The Morgan fingerprint density at radius 1 is 1.10 bits per heavy atom. The van der Waals surface area contributed by atoms with Crippen LogP contribution in [0.4, 0.5) is 10.8 Å². The molecular weight excluding hydrogens is 469 g/mol. The van der Waals surface area contributed by atoms with E-state index in [-0.39, 0.29) is 22.4 Å². The molecule has 1 amide bonds. The van der Waals surface area contributed by atoms with E-state index in [0.717, 1.165) is 0 Å². The maximum atomic E-state index is 12.3. The molecule has 3 aromatic rings. The zero-order valence-electron chi connectivity index (χ0n) is 15.5. The number of nitrogens with one attached hydrogen (secondary N) is 2. The maximum Gasteiger partial charge on any atom is 0.263 e. The zero-order chi connectivity index (χ0) is 21.6. The highest BCUT2D eigenvalue weighted by atomic mass is 35.5. The molecule has 1 aromatic heterocycles. The van der Waals surface area contributed by atoms with Crippen molar-refractivity contribution in [2.45, 2.75) is 17.7 Å². The summed E-state index contributed by atoms with van der Waals surface area (Å²) in [6.07, 6.45) is 2.23. The molecule has 0 saturated heterocycles. The fourth-order valence-electron chi connectivity index (χ4n) is 2.42. The van der Waals surface area contributed by atoms with Gasteiger partial charge in [-0.1, -0.05) is 23.2 Å². The van der Waals surface area contributed by atoms with Gasteiger partial charge < -0.3 is 10.1 Å². The van der Waals surface area contributed by atoms with E-state index in [1.807, 2.05) is 0 Å². The van der Waals surface area contributed by atoms with Gasteiger partial charge in [0.2, 0.25) is 5.91 Å². The molecule has 30 heavy (non-hydrogen) atoms. The van der Waals surface area contributed by atoms with Crippen molar-refractivity contribution in [1.82, 2.24) is 4.98 Å². The van der Waals surface area contributed by atoms with Crippen LogP contribution in [-0.2, 0) is 14.8 Å². The van der Waals surface area contributed by atoms with Crippen molar-refractivity contribution in [3.05, 3.63) is 64.1 Å². The first-order valence-corrected chi connectivity index (χ1v) is 11.8. The molecule has 0 spiro atoms. The van der Waals surface area contributed by atoms with Crippen LogP contribution in [0.25, 0.3) is 0 Å². The molecule has 0 aliphatic carbocycles. The molecule has 0 atom stereocenters. The number of amides is 1. The van der Waals surface area contributed by atoms with Gasteiger partial charge in [-0.25, -0.2) is 13.4 Å². The van der Waals surface area contributed by atoms with Crippen LogP contribution in [0.3, 0.4) is 0 Å². The van der Waals surface area contributed by atoms with E-state index in [1.54, 1.807) is 23.6 Å². The lowest BCUT2D eigenvalue weighted by molar-refractivity contribution is -0.116. The summed E-state index contributed by atoms with van der Waals surface area (Å²) in [6.45, 7) is 0.323. The summed E-state index contributed by atoms with van der Waals surface area (Å²) in [5.74, 6) is 0.329. The highest BCUT2D eigenvalue weighted by Gasteiger charge is 2.15. The Kier molecular flexibility index (Phi) is 7.54. The normalized spacial score (nSPS) is 11.1. The Bertz CT molecular complexity index is 1090. The molecule has 0 unspecified atom stereocenters. The summed E-state index contributed by atoms with van der Waals surface area (Å²) in [4.78, 5) is 16.0. The summed E-state index contributed by atoms with van der Waals surface area (Å²) in [7, 11) is -3.73. The third kappa shape index (κ3) is 6.60. The first-order valence-electron chi connectivity index (χ1n) is 8.73. The lowest BCUT2D eigenvalue weighted by Gasteiger charge is -2.09. The number of benzene rings is 2. The molecule has 1 heterocycles. The van der Waals surface area contributed by atoms with Gasteiger partial charge in [0, 0.05) is 33.7 Å². The summed E-state index contributed by atoms with van der Waals surface area (Å²) >= 11 is 13.0. The van der Waals surface area contributed by atoms with Crippen LogP contribution >= 0.6 is 34.5 Å². The number of anilines is 2. The van der Waals surface area contributed by atoms with Gasteiger partial charge in [0.1, 0.15) is 5.75 Å². The van der Waals surface area contributed by atoms with Crippen LogP contribution in [0, 0.1) is 0 Å². The van der Waals surface area contributed by atoms with Crippen molar-refractivity contribution >= 4 is 61.3 Å². The average molecular weight is 486 g/mol. The number of halogens is 2. The SMILES string of the molecule is O=C(CCCOc1cc(Cl)cc(Cl)c1)Nc1ccc(S(=O)(=O)Nc2nccs2)cc1. The standard InChI is InChI=1S/C19H17Cl2N3O4S2/c20-13-10-14(21)12-16(11-13)28-8-1-2-18(25)23-15-3-5-17(6-4-15)30(26,27)24-19-22-7-9-29-19/h3-7,9-12H,1-2,8H2,(H,22,24)(H,23,25). The molecule has 0 radical (unpaired) electrons. The van der Waals surface area contributed by atoms with Crippen molar-refractivity contribution in [1.29, 1.82) is 0 Å². The molecule has 0 aliphatic heterocycles. The highest BCUT2D eigenvalue weighted by molar-refractivity contribution is 7.93. The minimum absolute atomic E-state index is 0.0734. The lowest BCUT2D eigenvalue weighted by atomic mass is 10.2. The van der Waals surface area contributed by atoms with Crippen LogP contribution in [0.2, 0.25) is 10.0 Å². The van der Waals surface area contributed by atoms with Crippen LogP contribution in [0.5, 0.6) is 5.75 Å². The third-order valence-electron chi connectivity index (χ3n) is 3.76. The van der Waals surface area contributed by atoms with E-state index in [9.17, 15) is 13.2 Å². The van der Waals surface area contributed by atoms with Crippen LogP contribution in [-0.4, -0.2) is 25.9 Å². The van der Waals surface area contributed by atoms with Gasteiger partial charge in [-0.15, -0.1) is 11.3 Å². The number of rotatable bonds is 9. The van der Waals surface area contributed by atoms with Gasteiger partial charge in [0.25, 0.3) is 10.0 Å². The molecule has 11 heteroatoms. The molecule has 0 saturated carbocycles. The van der Waals surface area contributed by atoms with Crippen LogP contribution < -0.4 is 14.8 Å². The van der Waals surface area contributed by atoms with Gasteiger partial charge in [0.05, 0.1) is 11.5 Å². The Morgan fingerprint density at radius 2 is 1.80 bits per heavy atom. The Labute approximate surface area is 188 Å². The number of carbonyl (C=O) groups excluding carboxylic acids is 1. The Morgan fingerprint density at radius 3 is 2.43 bits per heavy atom. The van der Waals surface area contributed by atoms with Crippen molar-refractivity contribution in [2.75, 3.05) is 16.6 Å². The third-order valence-corrected chi connectivity index (χ3v) is 6.36. The largest absolute Gasteiger partial charge is 0.493 e. The van der Waals surface area contributed by atoms with Crippen molar-refractivity contribution in [2.24, 2.45) is 0 Å². The minimum Gasteiger partial charge on any atom is -0.493 e. The summed E-state index contributed by atoms with van der Waals surface area (Å²) in [5.41, 5.74) is 0.496. The average Bonchev–Trinajstić information content (AvgIpc) is 3.17. The number of sulfonamides is 1. The van der Waals surface area contributed by atoms with Gasteiger partial charge in [-0.3, -0.25) is 9.52 Å². The molecular formula is C19H17Cl2N3O4S2. The first kappa shape index (κ1) is 22.4. The van der Waals surface area contributed by atoms with Crippen LogP contribution in [0.1, 0.15) is 12.8 Å². The smallest absolute Gasteiger partial charge is 0.263 e. The van der Waals surface area contributed by atoms with Gasteiger partial charge >= 0.3 is 0 Å². The summed E-state index contributed by atoms with van der Waals surface area (Å²) in [5, 5.41) is 5.63. The second kappa shape index (κ2) is 10.1. The number of hydrogen-bond acceptors (Lipinski definition) is 6. The number of ether oxygens (including phenoxy) is 1. The van der Waals surface area contributed by atoms with Crippen molar-refractivity contribution in [3.63, 3.8) is 0 Å². The summed E-state index contributed by atoms with van der Waals surface area (Å²) in [6, 6.07) is 10.8. The first-order chi connectivity index (χ1) is 14.3. The summed E-state index contributed by atoms with van der Waals surface area (Å²) < 4.78 is 32.5. The van der Waals surface area contributed by atoms with E-state index < -0.39 is 10.0 Å². The fourth-order valence-corrected chi connectivity index (χ4v) is 4.72. The Balaban J connectivity index is 1.46. The molecule has 158 valence electrons. The second-order valence-corrected chi connectivity index (χ2v) is 9.52. The fraction of sp³-hybridized carbons (Fsp3) is 0.158. The van der Waals surface area contributed by atoms with E-state index in [2.05, 4.69) is 15.0 Å².